The highest BCUT2D eigenvalue weighted by Gasteiger charge is 2.11. The van der Waals surface area contributed by atoms with E-state index < -0.39 is 11.7 Å². The molecular formula is C15H15FN4O. The highest BCUT2D eigenvalue weighted by Crippen LogP contribution is 2.10. The van der Waals surface area contributed by atoms with Crippen LogP contribution in [-0.2, 0) is 6.54 Å². The lowest BCUT2D eigenvalue weighted by Gasteiger charge is -2.07. The standard InChI is InChI=1S/C15H15FN4O/c16-14-5-4-12(3-1-6-17)11-13(14)15(21)18-8-10-20-9-2-7-19-20/h2,4-5,7,9,11H,6,8,10,17H2,(H,18,21). The van der Waals surface area contributed by atoms with Gasteiger partial charge in [0.1, 0.15) is 5.82 Å². The van der Waals surface area contributed by atoms with Crippen molar-refractivity contribution < 1.29 is 9.18 Å². The molecule has 1 amide bonds. The first-order valence-corrected chi connectivity index (χ1v) is 6.45. The van der Waals surface area contributed by atoms with Crippen molar-refractivity contribution in [2.45, 2.75) is 6.54 Å². The molecule has 1 heterocycles. The largest absolute Gasteiger partial charge is 0.350 e. The van der Waals surface area contributed by atoms with Crippen LogP contribution >= 0.6 is 0 Å². The Labute approximate surface area is 122 Å². The van der Waals surface area contributed by atoms with Gasteiger partial charge in [-0.05, 0) is 24.3 Å². The summed E-state index contributed by atoms with van der Waals surface area (Å²) in [5, 5.41) is 6.66. The summed E-state index contributed by atoms with van der Waals surface area (Å²) in [6, 6.07) is 5.95. The number of hydrogen-bond acceptors (Lipinski definition) is 3. The second-order valence-corrected chi connectivity index (χ2v) is 4.23. The van der Waals surface area contributed by atoms with Crippen molar-refractivity contribution in [2.24, 2.45) is 5.73 Å². The summed E-state index contributed by atoms with van der Waals surface area (Å²) in [6.45, 7) is 1.09. The second kappa shape index (κ2) is 7.22. The Balaban J connectivity index is 2.00. The molecule has 108 valence electrons. The van der Waals surface area contributed by atoms with Crippen LogP contribution in [0.15, 0.2) is 36.7 Å². The number of rotatable bonds is 4. The molecule has 0 unspecified atom stereocenters. The van der Waals surface area contributed by atoms with E-state index in [9.17, 15) is 9.18 Å². The van der Waals surface area contributed by atoms with Crippen LogP contribution in [0.5, 0.6) is 0 Å². The third-order valence-corrected chi connectivity index (χ3v) is 2.73. The van der Waals surface area contributed by atoms with Gasteiger partial charge in [-0.3, -0.25) is 9.48 Å². The van der Waals surface area contributed by atoms with Crippen molar-refractivity contribution in [1.29, 1.82) is 0 Å². The zero-order chi connectivity index (χ0) is 15.1. The van der Waals surface area contributed by atoms with Crippen LogP contribution in [0.25, 0.3) is 0 Å². The Kier molecular flexibility index (Phi) is 5.07. The lowest BCUT2D eigenvalue weighted by Crippen LogP contribution is -2.28. The average Bonchev–Trinajstić information content (AvgIpc) is 2.99. The normalized spacial score (nSPS) is 9.81. The number of halogens is 1. The van der Waals surface area contributed by atoms with Gasteiger partial charge in [-0.2, -0.15) is 5.10 Å². The number of nitrogens with two attached hydrogens (primary N) is 1. The molecule has 0 aliphatic carbocycles. The fraction of sp³-hybridized carbons (Fsp3) is 0.200. The molecule has 0 saturated carbocycles. The summed E-state index contributed by atoms with van der Waals surface area (Å²) in [4.78, 5) is 12.0. The summed E-state index contributed by atoms with van der Waals surface area (Å²) >= 11 is 0. The van der Waals surface area contributed by atoms with E-state index in [0.29, 0.717) is 18.7 Å². The maximum absolute atomic E-state index is 13.7. The maximum atomic E-state index is 13.7. The summed E-state index contributed by atoms with van der Waals surface area (Å²) < 4.78 is 15.4. The number of carbonyl (C=O) groups is 1. The highest BCUT2D eigenvalue weighted by molar-refractivity contribution is 5.94. The molecule has 0 fully saturated rings. The summed E-state index contributed by atoms with van der Waals surface area (Å²) in [7, 11) is 0. The van der Waals surface area contributed by atoms with Gasteiger partial charge in [0.25, 0.3) is 5.91 Å². The number of amides is 1. The second-order valence-electron chi connectivity index (χ2n) is 4.23. The Morgan fingerprint density at radius 2 is 2.33 bits per heavy atom. The molecule has 6 heteroatoms. The molecule has 0 saturated heterocycles. The number of hydrogen-bond donors (Lipinski definition) is 2. The van der Waals surface area contributed by atoms with Crippen molar-refractivity contribution >= 4 is 5.91 Å². The Bertz CT molecular complexity index is 671. The summed E-state index contributed by atoms with van der Waals surface area (Å²) in [5.41, 5.74) is 5.81. The summed E-state index contributed by atoms with van der Waals surface area (Å²) in [5.74, 6) is 4.38. The smallest absolute Gasteiger partial charge is 0.254 e. The van der Waals surface area contributed by atoms with E-state index in [1.165, 1.54) is 18.2 Å². The van der Waals surface area contributed by atoms with E-state index in [0.717, 1.165) is 0 Å². The molecule has 3 N–H and O–H groups in total. The first kappa shape index (κ1) is 14.8. The van der Waals surface area contributed by atoms with Gasteiger partial charge in [-0.1, -0.05) is 11.8 Å². The topological polar surface area (TPSA) is 72.9 Å². The number of nitrogens with zero attached hydrogens (tertiary/aromatic N) is 2. The number of nitrogens with one attached hydrogen (secondary N) is 1. The van der Waals surface area contributed by atoms with Crippen LogP contribution in [0, 0.1) is 17.7 Å². The Morgan fingerprint density at radius 3 is 3.05 bits per heavy atom. The molecule has 2 aromatic rings. The van der Waals surface area contributed by atoms with Gasteiger partial charge >= 0.3 is 0 Å². The van der Waals surface area contributed by atoms with E-state index in [4.69, 9.17) is 5.73 Å². The van der Waals surface area contributed by atoms with Crippen LogP contribution in [0.4, 0.5) is 4.39 Å². The van der Waals surface area contributed by atoms with E-state index in [-0.39, 0.29) is 12.1 Å². The molecule has 5 nitrogen and oxygen atoms in total. The van der Waals surface area contributed by atoms with E-state index in [1.54, 1.807) is 23.1 Å². The van der Waals surface area contributed by atoms with Gasteiger partial charge in [0.15, 0.2) is 0 Å². The fourth-order valence-electron chi connectivity index (χ4n) is 1.74. The van der Waals surface area contributed by atoms with Gasteiger partial charge in [-0.25, -0.2) is 4.39 Å². The first-order chi connectivity index (χ1) is 10.2. The average molecular weight is 286 g/mol. The van der Waals surface area contributed by atoms with Gasteiger partial charge < -0.3 is 11.1 Å². The summed E-state index contributed by atoms with van der Waals surface area (Å²) in [6.07, 6.45) is 3.44. The third kappa shape index (κ3) is 4.16. The number of benzene rings is 1. The van der Waals surface area contributed by atoms with E-state index >= 15 is 0 Å². The van der Waals surface area contributed by atoms with Gasteiger partial charge in [-0.15, -0.1) is 0 Å². The molecule has 0 spiro atoms. The fourth-order valence-corrected chi connectivity index (χ4v) is 1.74. The van der Waals surface area contributed by atoms with Crippen LogP contribution in [0.2, 0.25) is 0 Å². The molecule has 0 atom stereocenters. The Morgan fingerprint density at radius 1 is 1.48 bits per heavy atom. The molecule has 1 aromatic carbocycles. The lowest BCUT2D eigenvalue weighted by molar-refractivity contribution is 0.0948. The van der Waals surface area contributed by atoms with E-state index in [1.807, 2.05) is 0 Å². The van der Waals surface area contributed by atoms with Crippen LogP contribution in [-0.4, -0.2) is 28.8 Å². The minimum Gasteiger partial charge on any atom is -0.350 e. The van der Waals surface area contributed by atoms with Crippen molar-refractivity contribution in [2.75, 3.05) is 13.1 Å². The maximum Gasteiger partial charge on any atom is 0.254 e. The quantitative estimate of drug-likeness (QED) is 0.815. The highest BCUT2D eigenvalue weighted by atomic mass is 19.1. The van der Waals surface area contributed by atoms with Crippen molar-refractivity contribution in [3.05, 3.63) is 53.6 Å². The number of aromatic nitrogens is 2. The van der Waals surface area contributed by atoms with Crippen LogP contribution < -0.4 is 11.1 Å². The molecule has 21 heavy (non-hydrogen) atoms. The first-order valence-electron chi connectivity index (χ1n) is 6.45. The molecule has 1 aromatic heterocycles. The molecule has 0 aliphatic heterocycles. The molecule has 0 aliphatic rings. The zero-order valence-corrected chi connectivity index (χ0v) is 11.3. The lowest BCUT2D eigenvalue weighted by atomic mass is 10.1. The monoisotopic (exact) mass is 286 g/mol. The molecule has 2 rings (SSSR count). The van der Waals surface area contributed by atoms with Crippen molar-refractivity contribution in [3.63, 3.8) is 0 Å². The third-order valence-electron chi connectivity index (χ3n) is 2.73. The minimum atomic E-state index is -0.579. The van der Waals surface area contributed by atoms with Gasteiger partial charge in [0.2, 0.25) is 0 Å². The molecular weight excluding hydrogens is 271 g/mol. The zero-order valence-electron chi connectivity index (χ0n) is 11.3. The van der Waals surface area contributed by atoms with Gasteiger partial charge in [0.05, 0.1) is 18.7 Å². The SMILES string of the molecule is NCC#Cc1ccc(F)c(C(=O)NCCn2cccn2)c1. The van der Waals surface area contributed by atoms with E-state index in [2.05, 4.69) is 22.3 Å². The minimum absolute atomic E-state index is 0.0284. The Hall–Kier alpha value is -2.65. The van der Waals surface area contributed by atoms with Crippen LogP contribution in [0.3, 0.4) is 0 Å². The van der Waals surface area contributed by atoms with Crippen molar-refractivity contribution in [3.8, 4) is 11.8 Å². The molecule has 0 radical (unpaired) electrons. The van der Waals surface area contributed by atoms with Crippen molar-refractivity contribution in [1.82, 2.24) is 15.1 Å². The number of carbonyl (C=O) groups excluding carboxylic acids is 1. The van der Waals surface area contributed by atoms with Crippen LogP contribution in [0.1, 0.15) is 15.9 Å². The molecule has 0 bridgehead atoms. The predicted molar refractivity (Wildman–Crippen MR) is 76.9 cm³/mol. The predicted octanol–water partition coefficient (Wildman–Crippen LogP) is 0.762. The van der Waals surface area contributed by atoms with Gasteiger partial charge in [0, 0.05) is 24.5 Å².